The first-order valence-electron chi connectivity index (χ1n) is 10.9. The third kappa shape index (κ3) is 5.58. The first-order valence-corrected chi connectivity index (χ1v) is 12.8. The van der Waals surface area contributed by atoms with Crippen molar-refractivity contribution in [1.82, 2.24) is 10.3 Å². The fraction of sp³-hybridized carbons (Fsp3) is 0.320. The van der Waals surface area contributed by atoms with Crippen LogP contribution in [0.15, 0.2) is 58.8 Å². The normalized spacial score (nSPS) is 12.6. The van der Waals surface area contributed by atoms with Crippen LogP contribution in [0.1, 0.15) is 39.5 Å². The molecule has 0 unspecified atom stereocenters. The molecule has 0 saturated carbocycles. The first-order chi connectivity index (χ1) is 15.6. The Morgan fingerprint density at radius 3 is 2.78 bits per heavy atom. The van der Waals surface area contributed by atoms with Gasteiger partial charge in [0, 0.05) is 34.7 Å². The highest BCUT2D eigenvalue weighted by Crippen LogP contribution is 2.29. The maximum Gasteiger partial charge on any atom is 0.252 e. The Bertz CT molecular complexity index is 1100. The molecule has 2 amide bonds. The van der Waals surface area contributed by atoms with Gasteiger partial charge in [-0.15, -0.1) is 23.1 Å². The molecule has 4 rings (SSSR count). The predicted octanol–water partition coefficient (Wildman–Crippen LogP) is 4.89. The van der Waals surface area contributed by atoms with E-state index in [-0.39, 0.29) is 11.8 Å². The highest BCUT2D eigenvalue weighted by molar-refractivity contribution is 8.00. The molecule has 1 N–H and O–H groups in total. The number of rotatable bonds is 9. The van der Waals surface area contributed by atoms with Gasteiger partial charge in [-0.1, -0.05) is 30.3 Å². The van der Waals surface area contributed by atoms with Crippen LogP contribution in [-0.4, -0.2) is 35.6 Å². The number of unbranched alkanes of at least 4 members (excludes halogenated alkanes) is 1. The number of nitrogens with one attached hydrogen (secondary N) is 1. The third-order valence-electron chi connectivity index (χ3n) is 5.44. The predicted molar refractivity (Wildman–Crippen MR) is 132 cm³/mol. The zero-order valence-corrected chi connectivity index (χ0v) is 19.8. The molecule has 0 atom stereocenters. The molecule has 0 radical (unpaired) electrons. The second-order valence-electron chi connectivity index (χ2n) is 7.80. The van der Waals surface area contributed by atoms with Gasteiger partial charge < -0.3 is 10.2 Å². The van der Waals surface area contributed by atoms with Gasteiger partial charge in [0.25, 0.3) is 5.91 Å². The highest BCUT2D eigenvalue weighted by Gasteiger charge is 2.24. The minimum atomic E-state index is -0.0860. The quantitative estimate of drug-likeness (QED) is 0.361. The SMILES string of the molecule is Cc1csc(CCCCNC(=O)c2ccccc2SCC(=O)N2CCc3ccccc32)n1. The molecule has 0 bridgehead atoms. The van der Waals surface area contributed by atoms with Gasteiger partial charge in [0.1, 0.15) is 0 Å². The number of benzene rings is 2. The molecule has 166 valence electrons. The summed E-state index contributed by atoms with van der Waals surface area (Å²) in [5.41, 5.74) is 3.93. The molecule has 32 heavy (non-hydrogen) atoms. The Labute approximate surface area is 197 Å². The van der Waals surface area contributed by atoms with E-state index in [1.54, 1.807) is 11.3 Å². The topological polar surface area (TPSA) is 62.3 Å². The van der Waals surface area contributed by atoms with Gasteiger partial charge in [0.15, 0.2) is 0 Å². The minimum Gasteiger partial charge on any atom is -0.352 e. The number of thioether (sulfide) groups is 1. The molecular weight excluding hydrogens is 438 g/mol. The molecule has 0 aliphatic carbocycles. The first kappa shape index (κ1) is 22.6. The molecule has 7 heteroatoms. The van der Waals surface area contributed by atoms with E-state index in [0.29, 0.717) is 17.9 Å². The Morgan fingerprint density at radius 1 is 1.12 bits per heavy atom. The second-order valence-corrected chi connectivity index (χ2v) is 9.76. The largest absolute Gasteiger partial charge is 0.352 e. The summed E-state index contributed by atoms with van der Waals surface area (Å²) in [6.07, 6.45) is 3.75. The third-order valence-corrected chi connectivity index (χ3v) is 7.53. The number of amides is 2. The molecule has 1 aromatic heterocycles. The van der Waals surface area contributed by atoms with Gasteiger partial charge in [-0.3, -0.25) is 9.59 Å². The zero-order chi connectivity index (χ0) is 22.3. The Hall–Kier alpha value is -2.64. The number of aromatic nitrogens is 1. The van der Waals surface area contributed by atoms with Crippen molar-refractivity contribution >= 4 is 40.6 Å². The lowest BCUT2D eigenvalue weighted by atomic mass is 10.2. The van der Waals surface area contributed by atoms with Gasteiger partial charge in [0.2, 0.25) is 5.91 Å². The second kappa shape index (κ2) is 10.8. The van der Waals surface area contributed by atoms with Crippen LogP contribution in [0.5, 0.6) is 0 Å². The average Bonchev–Trinajstić information content (AvgIpc) is 3.43. The van der Waals surface area contributed by atoms with Crippen LogP contribution in [0.2, 0.25) is 0 Å². The van der Waals surface area contributed by atoms with Crippen LogP contribution in [0, 0.1) is 6.92 Å². The van der Waals surface area contributed by atoms with Gasteiger partial charge in [-0.05, 0) is 56.4 Å². The lowest BCUT2D eigenvalue weighted by Crippen LogP contribution is -2.30. The molecule has 0 saturated heterocycles. The molecule has 3 aromatic rings. The van der Waals surface area contributed by atoms with Gasteiger partial charge in [0.05, 0.1) is 16.3 Å². The van der Waals surface area contributed by atoms with E-state index in [9.17, 15) is 9.59 Å². The maximum absolute atomic E-state index is 12.8. The van der Waals surface area contributed by atoms with E-state index in [2.05, 4.69) is 21.7 Å². The van der Waals surface area contributed by atoms with Crippen molar-refractivity contribution in [2.24, 2.45) is 0 Å². The number of nitrogens with zero attached hydrogens (tertiary/aromatic N) is 2. The van der Waals surface area contributed by atoms with E-state index in [1.165, 1.54) is 17.3 Å². The summed E-state index contributed by atoms with van der Waals surface area (Å²) in [5.74, 6) is 0.302. The number of fused-ring (bicyclic) bond motifs is 1. The monoisotopic (exact) mass is 465 g/mol. The fourth-order valence-corrected chi connectivity index (χ4v) is 5.55. The van der Waals surface area contributed by atoms with E-state index in [0.717, 1.165) is 53.5 Å². The van der Waals surface area contributed by atoms with Gasteiger partial charge in [-0.25, -0.2) is 4.98 Å². The summed E-state index contributed by atoms with van der Waals surface area (Å²) in [6.45, 7) is 3.36. The van der Waals surface area contributed by atoms with Gasteiger partial charge >= 0.3 is 0 Å². The molecule has 1 aliphatic heterocycles. The Balaban J connectivity index is 1.27. The summed E-state index contributed by atoms with van der Waals surface area (Å²) in [4.78, 5) is 32.7. The van der Waals surface area contributed by atoms with E-state index in [4.69, 9.17) is 0 Å². The fourth-order valence-electron chi connectivity index (χ4n) is 3.81. The van der Waals surface area contributed by atoms with E-state index < -0.39 is 0 Å². The molecule has 1 aliphatic rings. The summed E-state index contributed by atoms with van der Waals surface area (Å²) in [6, 6.07) is 15.6. The summed E-state index contributed by atoms with van der Waals surface area (Å²) >= 11 is 3.12. The van der Waals surface area contributed by atoms with Crippen LogP contribution < -0.4 is 10.2 Å². The minimum absolute atomic E-state index is 0.0765. The van der Waals surface area contributed by atoms with Crippen molar-refractivity contribution < 1.29 is 9.59 Å². The molecule has 2 heterocycles. The molecular formula is C25H27N3O2S2. The summed E-state index contributed by atoms with van der Waals surface area (Å²) in [5, 5.41) is 6.24. The number of para-hydroxylation sites is 1. The maximum atomic E-state index is 12.8. The lowest BCUT2D eigenvalue weighted by molar-refractivity contribution is -0.116. The number of hydrogen-bond acceptors (Lipinski definition) is 5. The number of thiazole rings is 1. The highest BCUT2D eigenvalue weighted by atomic mass is 32.2. The summed E-state index contributed by atoms with van der Waals surface area (Å²) in [7, 11) is 0. The van der Waals surface area contributed by atoms with Crippen LogP contribution in [-0.2, 0) is 17.6 Å². The average molecular weight is 466 g/mol. The van der Waals surface area contributed by atoms with Crippen LogP contribution in [0.3, 0.4) is 0 Å². The lowest BCUT2D eigenvalue weighted by Gasteiger charge is -2.17. The number of carbonyl (C=O) groups excluding carboxylic acids is 2. The molecule has 0 spiro atoms. The Kier molecular flexibility index (Phi) is 7.60. The number of aryl methyl sites for hydroxylation is 2. The van der Waals surface area contributed by atoms with Crippen molar-refractivity contribution in [2.75, 3.05) is 23.7 Å². The molecule has 2 aromatic carbocycles. The zero-order valence-electron chi connectivity index (χ0n) is 18.2. The number of anilines is 1. The van der Waals surface area contributed by atoms with Gasteiger partial charge in [-0.2, -0.15) is 0 Å². The molecule has 0 fully saturated rings. The van der Waals surface area contributed by atoms with Crippen LogP contribution in [0.4, 0.5) is 5.69 Å². The van der Waals surface area contributed by atoms with Crippen LogP contribution in [0.25, 0.3) is 0 Å². The smallest absolute Gasteiger partial charge is 0.252 e. The van der Waals surface area contributed by atoms with Crippen molar-refractivity contribution in [1.29, 1.82) is 0 Å². The number of carbonyl (C=O) groups is 2. The van der Waals surface area contributed by atoms with E-state index in [1.807, 2.05) is 54.3 Å². The summed E-state index contributed by atoms with van der Waals surface area (Å²) < 4.78 is 0. The van der Waals surface area contributed by atoms with Crippen LogP contribution >= 0.6 is 23.1 Å². The van der Waals surface area contributed by atoms with Crippen molar-refractivity contribution in [3.8, 4) is 0 Å². The van der Waals surface area contributed by atoms with Crippen molar-refractivity contribution in [3.63, 3.8) is 0 Å². The van der Waals surface area contributed by atoms with Crippen molar-refractivity contribution in [2.45, 2.75) is 37.5 Å². The molecule has 5 nitrogen and oxygen atoms in total. The number of hydrogen-bond donors (Lipinski definition) is 1. The van der Waals surface area contributed by atoms with E-state index >= 15 is 0 Å². The van der Waals surface area contributed by atoms with Crippen molar-refractivity contribution in [3.05, 3.63) is 75.7 Å². The Morgan fingerprint density at radius 2 is 1.94 bits per heavy atom. The standard InChI is InChI=1S/C25H27N3O2S2/c1-18-16-32-23(27-18)12-6-7-14-26-25(30)20-9-3-5-11-22(20)31-17-24(29)28-15-13-19-8-2-4-10-21(19)28/h2-5,8-11,16H,6-7,12-15,17H2,1H3,(H,26,30).